The molecule has 0 radical (unpaired) electrons. The van der Waals surface area contributed by atoms with Crippen molar-refractivity contribution in [2.24, 2.45) is 0 Å². The normalized spacial score (nSPS) is 18.5. The highest BCUT2D eigenvalue weighted by Crippen LogP contribution is 2.17. The second-order valence-corrected chi connectivity index (χ2v) is 5.39. The summed E-state index contributed by atoms with van der Waals surface area (Å²) in [6.07, 6.45) is 3.78. The number of carbonyl (C=O) groups is 1. The van der Waals surface area contributed by atoms with Crippen LogP contribution in [0.2, 0.25) is 0 Å². The van der Waals surface area contributed by atoms with Gasteiger partial charge in [-0.25, -0.2) is 9.97 Å². The Morgan fingerprint density at radius 2 is 2.25 bits per heavy atom. The standard InChI is InChI=1S/C14H22N4O.ClH/c1-9(2)13-12(8-16-10(3)17-13)14(19)18-11-5-4-6-15-7-11;/h8-9,11,15H,4-7H2,1-3H3,(H,18,19);1H. The first-order valence-electron chi connectivity index (χ1n) is 6.93. The summed E-state index contributed by atoms with van der Waals surface area (Å²) in [5.41, 5.74) is 1.43. The van der Waals surface area contributed by atoms with Gasteiger partial charge in [0.2, 0.25) is 0 Å². The predicted octanol–water partition coefficient (Wildman–Crippen LogP) is 1.81. The lowest BCUT2D eigenvalue weighted by atomic mass is 10.0. The van der Waals surface area contributed by atoms with E-state index in [0.717, 1.165) is 31.6 Å². The third-order valence-electron chi connectivity index (χ3n) is 3.36. The molecule has 1 fully saturated rings. The van der Waals surface area contributed by atoms with Crippen LogP contribution < -0.4 is 10.6 Å². The Kier molecular flexibility index (Phi) is 6.36. The zero-order chi connectivity index (χ0) is 13.8. The van der Waals surface area contributed by atoms with Crippen molar-refractivity contribution in [2.75, 3.05) is 13.1 Å². The number of halogens is 1. The first-order valence-corrected chi connectivity index (χ1v) is 6.93. The minimum atomic E-state index is -0.0580. The van der Waals surface area contributed by atoms with Gasteiger partial charge in [0.15, 0.2) is 0 Å². The van der Waals surface area contributed by atoms with Crippen molar-refractivity contribution in [3.8, 4) is 0 Å². The number of hydrogen-bond donors (Lipinski definition) is 2. The van der Waals surface area contributed by atoms with Crippen LogP contribution >= 0.6 is 12.4 Å². The Balaban J connectivity index is 0.00000200. The first kappa shape index (κ1) is 16.9. The van der Waals surface area contributed by atoms with Crippen LogP contribution in [0.4, 0.5) is 0 Å². The lowest BCUT2D eigenvalue weighted by Crippen LogP contribution is -2.45. The van der Waals surface area contributed by atoms with Gasteiger partial charge in [0.25, 0.3) is 5.91 Å². The molecular formula is C14H23ClN4O. The van der Waals surface area contributed by atoms with Gasteiger partial charge in [0.1, 0.15) is 5.82 Å². The molecule has 0 aliphatic carbocycles. The van der Waals surface area contributed by atoms with E-state index in [2.05, 4.69) is 20.6 Å². The summed E-state index contributed by atoms with van der Waals surface area (Å²) in [6.45, 7) is 7.81. The maximum atomic E-state index is 12.3. The summed E-state index contributed by atoms with van der Waals surface area (Å²) in [7, 11) is 0. The molecule has 2 heterocycles. The van der Waals surface area contributed by atoms with Crippen LogP contribution in [0.3, 0.4) is 0 Å². The van der Waals surface area contributed by atoms with Crippen LogP contribution in [0, 0.1) is 6.92 Å². The quantitative estimate of drug-likeness (QED) is 0.893. The van der Waals surface area contributed by atoms with E-state index in [0.29, 0.717) is 11.4 Å². The molecule has 2 rings (SSSR count). The van der Waals surface area contributed by atoms with Crippen molar-refractivity contribution >= 4 is 18.3 Å². The molecule has 2 N–H and O–H groups in total. The first-order chi connectivity index (χ1) is 9.08. The van der Waals surface area contributed by atoms with Crippen molar-refractivity contribution < 1.29 is 4.79 Å². The van der Waals surface area contributed by atoms with E-state index in [1.165, 1.54) is 0 Å². The zero-order valence-electron chi connectivity index (χ0n) is 12.3. The molecule has 1 aromatic heterocycles. The highest BCUT2D eigenvalue weighted by Gasteiger charge is 2.20. The molecule has 1 aliphatic rings. The summed E-state index contributed by atoms with van der Waals surface area (Å²) in [5, 5.41) is 6.36. The average molecular weight is 299 g/mol. The van der Waals surface area contributed by atoms with Gasteiger partial charge in [-0.05, 0) is 32.2 Å². The van der Waals surface area contributed by atoms with E-state index in [-0.39, 0.29) is 30.3 Å². The molecule has 1 atom stereocenters. The number of nitrogens with one attached hydrogen (secondary N) is 2. The Morgan fingerprint density at radius 1 is 1.50 bits per heavy atom. The van der Waals surface area contributed by atoms with Gasteiger partial charge in [-0.1, -0.05) is 13.8 Å². The molecule has 112 valence electrons. The molecule has 0 saturated carbocycles. The molecule has 0 aromatic carbocycles. The number of aromatic nitrogens is 2. The number of hydrogen-bond acceptors (Lipinski definition) is 4. The fraction of sp³-hybridized carbons (Fsp3) is 0.643. The predicted molar refractivity (Wildman–Crippen MR) is 81.5 cm³/mol. The summed E-state index contributed by atoms with van der Waals surface area (Å²) in [5.74, 6) is 0.865. The molecule has 0 spiro atoms. The largest absolute Gasteiger partial charge is 0.348 e. The van der Waals surface area contributed by atoms with Crippen LogP contribution in [0.5, 0.6) is 0 Å². The van der Waals surface area contributed by atoms with Crippen LogP contribution in [-0.2, 0) is 0 Å². The highest BCUT2D eigenvalue weighted by atomic mass is 35.5. The second kappa shape index (κ2) is 7.55. The van der Waals surface area contributed by atoms with E-state index in [9.17, 15) is 4.79 Å². The molecular weight excluding hydrogens is 276 g/mol. The molecule has 1 unspecified atom stereocenters. The van der Waals surface area contributed by atoms with E-state index in [4.69, 9.17) is 0 Å². The van der Waals surface area contributed by atoms with Gasteiger partial charge in [-0.2, -0.15) is 0 Å². The minimum absolute atomic E-state index is 0. The highest BCUT2D eigenvalue weighted by molar-refractivity contribution is 5.95. The number of nitrogens with zero attached hydrogens (tertiary/aromatic N) is 2. The summed E-state index contributed by atoms with van der Waals surface area (Å²) in [4.78, 5) is 20.9. The van der Waals surface area contributed by atoms with Gasteiger partial charge >= 0.3 is 0 Å². The van der Waals surface area contributed by atoms with Crippen molar-refractivity contribution in [3.63, 3.8) is 0 Å². The smallest absolute Gasteiger partial charge is 0.254 e. The molecule has 1 amide bonds. The zero-order valence-corrected chi connectivity index (χ0v) is 13.1. The summed E-state index contributed by atoms with van der Waals surface area (Å²) >= 11 is 0. The second-order valence-electron chi connectivity index (χ2n) is 5.39. The molecule has 0 bridgehead atoms. The number of rotatable bonds is 3. The summed E-state index contributed by atoms with van der Waals surface area (Å²) < 4.78 is 0. The van der Waals surface area contributed by atoms with Gasteiger partial charge < -0.3 is 10.6 Å². The van der Waals surface area contributed by atoms with Crippen LogP contribution in [0.25, 0.3) is 0 Å². The minimum Gasteiger partial charge on any atom is -0.348 e. The van der Waals surface area contributed by atoms with Crippen LogP contribution in [0.1, 0.15) is 54.5 Å². The molecule has 5 nitrogen and oxygen atoms in total. The van der Waals surface area contributed by atoms with Gasteiger partial charge in [-0.3, -0.25) is 4.79 Å². The monoisotopic (exact) mass is 298 g/mol. The van der Waals surface area contributed by atoms with E-state index in [1.807, 2.05) is 20.8 Å². The molecule has 6 heteroatoms. The number of piperidine rings is 1. The Bertz CT molecular complexity index is 458. The lowest BCUT2D eigenvalue weighted by molar-refractivity contribution is 0.0928. The fourth-order valence-electron chi connectivity index (χ4n) is 2.34. The molecule has 20 heavy (non-hydrogen) atoms. The Hall–Kier alpha value is -1.20. The topological polar surface area (TPSA) is 66.9 Å². The Morgan fingerprint density at radius 3 is 2.85 bits per heavy atom. The van der Waals surface area contributed by atoms with E-state index >= 15 is 0 Å². The van der Waals surface area contributed by atoms with Crippen molar-refractivity contribution in [1.29, 1.82) is 0 Å². The van der Waals surface area contributed by atoms with Gasteiger partial charge in [-0.15, -0.1) is 12.4 Å². The maximum Gasteiger partial charge on any atom is 0.254 e. The van der Waals surface area contributed by atoms with Gasteiger partial charge in [0, 0.05) is 18.8 Å². The lowest BCUT2D eigenvalue weighted by Gasteiger charge is -2.24. The number of carbonyl (C=O) groups excluding carboxylic acids is 1. The average Bonchev–Trinajstić information content (AvgIpc) is 2.39. The fourth-order valence-corrected chi connectivity index (χ4v) is 2.34. The number of amides is 1. The van der Waals surface area contributed by atoms with Crippen LogP contribution in [0.15, 0.2) is 6.20 Å². The van der Waals surface area contributed by atoms with E-state index in [1.54, 1.807) is 6.20 Å². The maximum absolute atomic E-state index is 12.3. The molecule has 1 aliphatic heterocycles. The van der Waals surface area contributed by atoms with Crippen molar-refractivity contribution in [2.45, 2.75) is 45.6 Å². The molecule has 1 aromatic rings. The van der Waals surface area contributed by atoms with Crippen molar-refractivity contribution in [1.82, 2.24) is 20.6 Å². The Labute approximate surface area is 126 Å². The summed E-state index contributed by atoms with van der Waals surface area (Å²) in [6, 6.07) is 0.211. The van der Waals surface area contributed by atoms with Gasteiger partial charge in [0.05, 0.1) is 11.3 Å². The SMILES string of the molecule is Cc1ncc(C(=O)NC2CCCNC2)c(C(C)C)n1.Cl. The number of aryl methyl sites for hydroxylation is 1. The third-order valence-corrected chi connectivity index (χ3v) is 3.36. The van der Waals surface area contributed by atoms with Crippen molar-refractivity contribution in [3.05, 3.63) is 23.3 Å². The molecule has 1 saturated heterocycles. The van der Waals surface area contributed by atoms with E-state index < -0.39 is 0 Å². The van der Waals surface area contributed by atoms with Crippen LogP contribution in [-0.4, -0.2) is 35.0 Å². The third kappa shape index (κ3) is 4.15.